The zero-order valence-electron chi connectivity index (χ0n) is 14.7. The summed E-state index contributed by atoms with van der Waals surface area (Å²) in [5, 5.41) is 2.83. The Morgan fingerprint density at radius 2 is 2.12 bits per heavy atom. The molecule has 138 valence electrons. The SMILES string of the molecule is Cc1oc(C)c(C(=O)Nc2ccc(N3CCCC(C(N)=O)C3)nc2)c1Br. The molecule has 2 aromatic heterocycles. The molecule has 0 bridgehead atoms. The number of carbonyl (C=O) groups is 2. The molecule has 1 saturated heterocycles. The van der Waals surface area contributed by atoms with E-state index in [1.54, 1.807) is 26.1 Å². The summed E-state index contributed by atoms with van der Waals surface area (Å²) in [6, 6.07) is 3.63. The first-order valence-electron chi connectivity index (χ1n) is 8.44. The summed E-state index contributed by atoms with van der Waals surface area (Å²) in [6.07, 6.45) is 3.33. The highest BCUT2D eigenvalue weighted by Gasteiger charge is 2.25. The van der Waals surface area contributed by atoms with E-state index in [0.717, 1.165) is 25.2 Å². The highest BCUT2D eigenvalue weighted by Crippen LogP contribution is 2.28. The third-order valence-electron chi connectivity index (χ3n) is 4.57. The lowest BCUT2D eigenvalue weighted by molar-refractivity contribution is -0.122. The molecular weight excluding hydrogens is 400 g/mol. The van der Waals surface area contributed by atoms with Crippen molar-refractivity contribution in [2.75, 3.05) is 23.3 Å². The van der Waals surface area contributed by atoms with Crippen LogP contribution in [0, 0.1) is 19.8 Å². The number of rotatable bonds is 4. The Hall–Kier alpha value is -2.35. The summed E-state index contributed by atoms with van der Waals surface area (Å²) in [6.45, 7) is 4.96. The number of amides is 2. The topological polar surface area (TPSA) is 101 Å². The summed E-state index contributed by atoms with van der Waals surface area (Å²) in [7, 11) is 0. The molecule has 3 N–H and O–H groups in total. The second-order valence-electron chi connectivity index (χ2n) is 6.45. The molecule has 1 atom stereocenters. The molecule has 7 nitrogen and oxygen atoms in total. The highest BCUT2D eigenvalue weighted by molar-refractivity contribution is 9.10. The monoisotopic (exact) mass is 420 g/mol. The number of piperidine rings is 1. The van der Waals surface area contributed by atoms with E-state index in [1.807, 2.05) is 11.0 Å². The third kappa shape index (κ3) is 3.75. The van der Waals surface area contributed by atoms with Crippen molar-refractivity contribution in [1.29, 1.82) is 0 Å². The molecule has 3 heterocycles. The maximum Gasteiger partial charge on any atom is 0.260 e. The van der Waals surface area contributed by atoms with Crippen LogP contribution in [0.5, 0.6) is 0 Å². The minimum atomic E-state index is -0.269. The number of nitrogens with one attached hydrogen (secondary N) is 1. The second-order valence-corrected chi connectivity index (χ2v) is 7.24. The Kier molecular flexibility index (Phi) is 5.31. The number of hydrogen-bond donors (Lipinski definition) is 2. The fraction of sp³-hybridized carbons (Fsp3) is 0.389. The molecule has 26 heavy (non-hydrogen) atoms. The second kappa shape index (κ2) is 7.49. The summed E-state index contributed by atoms with van der Waals surface area (Å²) in [4.78, 5) is 30.4. The molecule has 8 heteroatoms. The first kappa shape index (κ1) is 18.4. The van der Waals surface area contributed by atoms with Crippen molar-refractivity contribution >= 4 is 39.2 Å². The molecule has 0 aliphatic carbocycles. The van der Waals surface area contributed by atoms with Gasteiger partial charge in [0.15, 0.2) is 0 Å². The van der Waals surface area contributed by atoms with Crippen LogP contribution in [0.25, 0.3) is 0 Å². The van der Waals surface area contributed by atoms with E-state index in [0.29, 0.717) is 33.8 Å². The number of aryl methyl sites for hydroxylation is 2. The van der Waals surface area contributed by atoms with E-state index in [4.69, 9.17) is 10.2 Å². The van der Waals surface area contributed by atoms with Crippen LogP contribution in [0.1, 0.15) is 34.7 Å². The number of pyridine rings is 1. The summed E-state index contributed by atoms with van der Waals surface area (Å²) >= 11 is 3.38. The number of aromatic nitrogens is 1. The van der Waals surface area contributed by atoms with Gasteiger partial charge in [-0.1, -0.05) is 0 Å². The summed E-state index contributed by atoms with van der Waals surface area (Å²) < 4.78 is 6.12. The van der Waals surface area contributed by atoms with E-state index < -0.39 is 0 Å². The number of anilines is 2. The number of primary amides is 1. The molecule has 0 aromatic carbocycles. The van der Waals surface area contributed by atoms with Gasteiger partial charge in [-0.25, -0.2) is 4.98 Å². The van der Waals surface area contributed by atoms with Crippen molar-refractivity contribution in [3.05, 3.63) is 39.9 Å². The lowest BCUT2D eigenvalue weighted by Crippen LogP contribution is -2.41. The average molecular weight is 421 g/mol. The Morgan fingerprint density at radius 3 is 2.69 bits per heavy atom. The molecule has 0 saturated carbocycles. The predicted octanol–water partition coefficient (Wildman–Crippen LogP) is 3.01. The first-order chi connectivity index (χ1) is 12.4. The van der Waals surface area contributed by atoms with Crippen LogP contribution in [-0.4, -0.2) is 29.9 Å². The maximum absolute atomic E-state index is 12.5. The van der Waals surface area contributed by atoms with Crippen molar-refractivity contribution in [1.82, 2.24) is 4.98 Å². The smallest absolute Gasteiger partial charge is 0.260 e. The van der Waals surface area contributed by atoms with E-state index >= 15 is 0 Å². The molecule has 1 fully saturated rings. The number of hydrogen-bond acceptors (Lipinski definition) is 5. The number of halogens is 1. The normalized spacial score (nSPS) is 17.2. The summed E-state index contributed by atoms with van der Waals surface area (Å²) in [5.41, 5.74) is 6.49. The molecule has 0 spiro atoms. The van der Waals surface area contributed by atoms with Gasteiger partial charge in [0.2, 0.25) is 5.91 Å². The van der Waals surface area contributed by atoms with Gasteiger partial charge in [-0.15, -0.1) is 0 Å². The van der Waals surface area contributed by atoms with Crippen molar-refractivity contribution in [2.45, 2.75) is 26.7 Å². The van der Waals surface area contributed by atoms with Crippen LogP contribution in [0.15, 0.2) is 27.2 Å². The Labute approximate surface area is 160 Å². The molecule has 1 aliphatic rings. The van der Waals surface area contributed by atoms with Crippen molar-refractivity contribution in [3.63, 3.8) is 0 Å². The Bertz CT molecular complexity index is 832. The third-order valence-corrected chi connectivity index (χ3v) is 5.52. The quantitative estimate of drug-likeness (QED) is 0.791. The van der Waals surface area contributed by atoms with Crippen molar-refractivity contribution < 1.29 is 14.0 Å². The highest BCUT2D eigenvalue weighted by atomic mass is 79.9. The van der Waals surface area contributed by atoms with E-state index in [1.165, 1.54) is 0 Å². The lowest BCUT2D eigenvalue weighted by atomic mass is 9.97. The largest absolute Gasteiger partial charge is 0.465 e. The van der Waals surface area contributed by atoms with Gasteiger partial charge in [0, 0.05) is 13.1 Å². The molecule has 0 radical (unpaired) electrons. The van der Waals surface area contributed by atoms with E-state index in [9.17, 15) is 9.59 Å². The van der Waals surface area contributed by atoms with Gasteiger partial charge in [0.25, 0.3) is 5.91 Å². The number of nitrogens with zero attached hydrogens (tertiary/aromatic N) is 2. The predicted molar refractivity (Wildman–Crippen MR) is 102 cm³/mol. The van der Waals surface area contributed by atoms with Crippen molar-refractivity contribution in [3.8, 4) is 0 Å². The Balaban J connectivity index is 1.70. The van der Waals surface area contributed by atoms with Crippen LogP contribution in [0.3, 0.4) is 0 Å². The molecular formula is C18H21BrN4O3. The van der Waals surface area contributed by atoms with Crippen molar-refractivity contribution in [2.24, 2.45) is 11.7 Å². The minimum absolute atomic E-state index is 0.144. The van der Waals surface area contributed by atoms with Crippen LogP contribution in [-0.2, 0) is 4.79 Å². The minimum Gasteiger partial charge on any atom is -0.465 e. The van der Waals surface area contributed by atoms with E-state index in [-0.39, 0.29) is 17.7 Å². The van der Waals surface area contributed by atoms with Crippen LogP contribution >= 0.6 is 15.9 Å². The zero-order valence-corrected chi connectivity index (χ0v) is 16.3. The zero-order chi connectivity index (χ0) is 18.8. The van der Waals surface area contributed by atoms with Gasteiger partial charge in [-0.2, -0.15) is 0 Å². The van der Waals surface area contributed by atoms with Gasteiger partial charge in [0.1, 0.15) is 17.3 Å². The number of nitrogens with two attached hydrogens (primary N) is 1. The van der Waals surface area contributed by atoms with E-state index in [2.05, 4.69) is 26.2 Å². The standard InChI is InChI=1S/C18H21BrN4O3/c1-10-15(16(19)11(2)26-10)18(25)22-13-5-6-14(21-8-13)23-7-3-4-12(9-23)17(20)24/h5-6,8,12H,3-4,7,9H2,1-2H3,(H2,20,24)(H,22,25). The molecule has 1 aliphatic heterocycles. The van der Waals surface area contributed by atoms with Gasteiger partial charge in [-0.3, -0.25) is 9.59 Å². The Morgan fingerprint density at radius 1 is 1.35 bits per heavy atom. The van der Waals surface area contributed by atoms with Crippen LogP contribution in [0.4, 0.5) is 11.5 Å². The summed E-state index contributed by atoms with van der Waals surface area (Å²) in [5.74, 6) is 1.32. The number of furan rings is 1. The van der Waals surface area contributed by atoms with Gasteiger partial charge in [0.05, 0.1) is 27.8 Å². The fourth-order valence-corrected chi connectivity index (χ4v) is 3.71. The number of carbonyl (C=O) groups excluding carboxylic acids is 2. The van der Waals surface area contributed by atoms with Gasteiger partial charge < -0.3 is 20.4 Å². The van der Waals surface area contributed by atoms with Gasteiger partial charge in [-0.05, 0) is 54.8 Å². The lowest BCUT2D eigenvalue weighted by Gasteiger charge is -2.32. The maximum atomic E-state index is 12.5. The first-order valence-corrected chi connectivity index (χ1v) is 9.23. The molecule has 1 unspecified atom stereocenters. The van der Waals surface area contributed by atoms with Crippen LogP contribution < -0.4 is 16.0 Å². The molecule has 2 aromatic rings. The molecule has 2 amide bonds. The van der Waals surface area contributed by atoms with Gasteiger partial charge >= 0.3 is 0 Å². The average Bonchev–Trinajstić information content (AvgIpc) is 2.87. The van der Waals surface area contributed by atoms with Crippen LogP contribution in [0.2, 0.25) is 0 Å². The fourth-order valence-electron chi connectivity index (χ4n) is 3.17. The molecule has 3 rings (SSSR count).